The number of thioether (sulfide) groups is 1. The number of halogens is 2. The summed E-state index contributed by atoms with van der Waals surface area (Å²) < 4.78 is 15.6. The number of carbonyl (C=O) groups is 3. The van der Waals surface area contributed by atoms with Gasteiger partial charge in [-0.15, -0.1) is 11.8 Å². The highest BCUT2D eigenvalue weighted by molar-refractivity contribution is 14.1. The minimum Gasteiger partial charge on any atom is -0.325 e. The zero-order valence-electron chi connectivity index (χ0n) is 23.7. The second-order valence-electron chi connectivity index (χ2n) is 9.79. The molecule has 3 amide bonds. The van der Waals surface area contributed by atoms with E-state index >= 15 is 0 Å². The average Bonchev–Trinajstić information content (AvgIpc) is 3.06. The summed E-state index contributed by atoms with van der Waals surface area (Å²) in [6.07, 6.45) is 1.30. The van der Waals surface area contributed by atoms with Crippen LogP contribution in [0.15, 0.2) is 144 Å². The monoisotopic (exact) mass is 727 g/mol. The highest BCUT2D eigenvalue weighted by Crippen LogP contribution is 2.37. The van der Waals surface area contributed by atoms with Gasteiger partial charge in [0.15, 0.2) is 0 Å². The first-order chi connectivity index (χ1) is 21.9. The molecule has 0 spiro atoms. The molecule has 5 aromatic carbocycles. The van der Waals surface area contributed by atoms with Gasteiger partial charge in [-0.25, -0.2) is 4.39 Å². The van der Waals surface area contributed by atoms with Gasteiger partial charge in [-0.05, 0) is 94.9 Å². The van der Waals surface area contributed by atoms with Crippen LogP contribution in [0, 0.1) is 9.39 Å². The van der Waals surface area contributed by atoms with Crippen LogP contribution in [0.2, 0.25) is 0 Å². The second kappa shape index (κ2) is 15.3. The Kier molecular flexibility index (Phi) is 10.8. The Morgan fingerprint density at radius 1 is 0.711 bits per heavy atom. The van der Waals surface area contributed by atoms with Gasteiger partial charge >= 0.3 is 0 Å². The molecular weight excluding hydrogens is 700 g/mol. The number of carbonyl (C=O) groups excluding carboxylic acids is 3. The predicted octanol–water partition coefficient (Wildman–Crippen LogP) is 8.31. The van der Waals surface area contributed by atoms with Crippen LogP contribution in [0.1, 0.15) is 26.7 Å². The summed E-state index contributed by atoms with van der Waals surface area (Å²) in [5.74, 6) is -1.88. The van der Waals surface area contributed by atoms with Crippen molar-refractivity contribution in [2.75, 3.05) is 10.6 Å². The summed E-state index contributed by atoms with van der Waals surface area (Å²) in [6, 6.07) is 38.5. The molecule has 9 heteroatoms. The van der Waals surface area contributed by atoms with E-state index in [1.807, 2.05) is 60.7 Å². The molecule has 3 N–H and O–H groups in total. The van der Waals surface area contributed by atoms with Crippen LogP contribution in [-0.2, 0) is 9.59 Å². The molecule has 5 rings (SSSR count). The van der Waals surface area contributed by atoms with Crippen molar-refractivity contribution in [3.8, 4) is 0 Å². The lowest BCUT2D eigenvalue weighted by molar-refractivity contribution is -0.116. The van der Waals surface area contributed by atoms with Crippen LogP contribution in [0.5, 0.6) is 0 Å². The summed E-state index contributed by atoms with van der Waals surface area (Å²) in [5.41, 5.74) is 2.30. The molecule has 0 saturated heterocycles. The van der Waals surface area contributed by atoms with Crippen LogP contribution in [0.25, 0.3) is 6.08 Å². The maximum atomic E-state index is 14.5. The summed E-state index contributed by atoms with van der Waals surface area (Å²) >= 11 is 3.55. The van der Waals surface area contributed by atoms with E-state index in [1.165, 1.54) is 30.0 Å². The summed E-state index contributed by atoms with van der Waals surface area (Å²) in [7, 11) is 0. The van der Waals surface area contributed by atoms with Gasteiger partial charge in [0.2, 0.25) is 5.91 Å². The maximum Gasteiger partial charge on any atom is 0.272 e. The van der Waals surface area contributed by atoms with Gasteiger partial charge in [0, 0.05) is 31.0 Å². The van der Waals surface area contributed by atoms with Gasteiger partial charge in [0.1, 0.15) is 16.8 Å². The molecule has 1 atom stereocenters. The second-order valence-corrected chi connectivity index (χ2v) is 12.2. The van der Waals surface area contributed by atoms with Crippen molar-refractivity contribution in [1.29, 1.82) is 0 Å². The van der Waals surface area contributed by atoms with Crippen molar-refractivity contribution in [1.82, 2.24) is 5.32 Å². The van der Waals surface area contributed by atoms with E-state index in [1.54, 1.807) is 60.7 Å². The number of anilines is 2. The zero-order valence-corrected chi connectivity index (χ0v) is 26.7. The third-order valence-corrected chi connectivity index (χ3v) is 8.50. The van der Waals surface area contributed by atoms with Crippen LogP contribution in [0.4, 0.5) is 15.8 Å². The molecule has 0 aromatic heterocycles. The van der Waals surface area contributed by atoms with E-state index in [0.717, 1.165) is 14.0 Å². The third kappa shape index (κ3) is 8.90. The Labute approximate surface area is 278 Å². The lowest BCUT2D eigenvalue weighted by atomic mass is 10.1. The lowest BCUT2D eigenvalue weighted by Gasteiger charge is -2.18. The smallest absolute Gasteiger partial charge is 0.272 e. The van der Waals surface area contributed by atoms with Crippen LogP contribution in [0.3, 0.4) is 0 Å². The summed E-state index contributed by atoms with van der Waals surface area (Å²) in [6.45, 7) is 0. The topological polar surface area (TPSA) is 87.3 Å². The molecule has 45 heavy (non-hydrogen) atoms. The van der Waals surface area contributed by atoms with Crippen molar-refractivity contribution < 1.29 is 18.8 Å². The summed E-state index contributed by atoms with van der Waals surface area (Å²) in [5, 5.41) is 7.84. The lowest BCUT2D eigenvalue weighted by Crippen LogP contribution is -2.30. The van der Waals surface area contributed by atoms with Crippen LogP contribution >= 0.6 is 34.4 Å². The van der Waals surface area contributed by atoms with Gasteiger partial charge in [-0.3, -0.25) is 14.4 Å². The minimum atomic E-state index is -0.638. The van der Waals surface area contributed by atoms with Crippen molar-refractivity contribution in [2.45, 2.75) is 10.1 Å². The third-order valence-electron chi connectivity index (χ3n) is 6.53. The van der Waals surface area contributed by atoms with E-state index in [9.17, 15) is 18.8 Å². The van der Waals surface area contributed by atoms with E-state index in [-0.39, 0.29) is 17.2 Å². The molecule has 0 saturated carbocycles. The predicted molar refractivity (Wildman–Crippen MR) is 186 cm³/mol. The van der Waals surface area contributed by atoms with E-state index in [4.69, 9.17) is 0 Å². The average molecular weight is 728 g/mol. The normalized spacial score (nSPS) is 11.7. The van der Waals surface area contributed by atoms with Gasteiger partial charge in [-0.2, -0.15) is 0 Å². The quantitative estimate of drug-likeness (QED) is 0.0768. The molecule has 0 fully saturated rings. The first-order valence-corrected chi connectivity index (χ1v) is 15.8. The van der Waals surface area contributed by atoms with Gasteiger partial charge in [0.05, 0.1) is 0 Å². The minimum absolute atomic E-state index is 0.133. The number of rotatable bonds is 10. The van der Waals surface area contributed by atoms with Gasteiger partial charge in [-0.1, -0.05) is 72.8 Å². The van der Waals surface area contributed by atoms with E-state index in [0.29, 0.717) is 16.9 Å². The molecule has 0 heterocycles. The molecular formula is C36H27FIN3O3S. The molecule has 0 aliphatic rings. The first kappa shape index (κ1) is 31.7. The SMILES string of the molecule is O=C(Nc1cccc(SC(C(=O)Nc2ccc(I)cc2)c2ccccc2)c1)/C(=C/c1ccccc1F)NC(=O)c1ccccc1. The van der Waals surface area contributed by atoms with Crippen molar-refractivity contribution in [3.05, 3.63) is 165 Å². The molecule has 224 valence electrons. The standard InChI is InChI=1S/C36H27FIN3O3S/c37-31-17-8-7-14-26(31)22-32(41-34(42)25-12-5-2-6-13-25)35(43)40-29-15-9-16-30(23-29)45-33(24-10-3-1-4-11-24)36(44)39-28-20-18-27(38)19-21-28/h1-23,33H,(H,39,44)(H,40,43)(H,41,42)/b32-22-. The maximum absolute atomic E-state index is 14.5. The Hall–Kier alpha value is -4.74. The van der Waals surface area contributed by atoms with Crippen molar-refractivity contribution in [2.24, 2.45) is 0 Å². The van der Waals surface area contributed by atoms with E-state index in [2.05, 4.69) is 38.5 Å². The Balaban J connectivity index is 1.38. The summed E-state index contributed by atoms with van der Waals surface area (Å²) in [4.78, 5) is 40.7. The molecule has 0 aliphatic carbocycles. The number of benzene rings is 5. The largest absolute Gasteiger partial charge is 0.325 e. The van der Waals surface area contributed by atoms with Crippen LogP contribution < -0.4 is 16.0 Å². The van der Waals surface area contributed by atoms with E-state index < -0.39 is 22.9 Å². The molecule has 5 aromatic rings. The molecule has 6 nitrogen and oxygen atoms in total. The van der Waals surface area contributed by atoms with Gasteiger partial charge < -0.3 is 16.0 Å². The fourth-order valence-electron chi connectivity index (χ4n) is 4.31. The highest BCUT2D eigenvalue weighted by atomic mass is 127. The highest BCUT2D eigenvalue weighted by Gasteiger charge is 2.23. The number of amides is 3. The van der Waals surface area contributed by atoms with Gasteiger partial charge in [0.25, 0.3) is 11.8 Å². The Morgan fingerprint density at radius 2 is 1.38 bits per heavy atom. The fraction of sp³-hybridized carbons (Fsp3) is 0.0278. The Morgan fingerprint density at radius 3 is 2.09 bits per heavy atom. The molecule has 1 unspecified atom stereocenters. The Bertz CT molecular complexity index is 1830. The fourth-order valence-corrected chi connectivity index (χ4v) is 5.76. The van der Waals surface area contributed by atoms with Crippen molar-refractivity contribution in [3.63, 3.8) is 0 Å². The number of hydrogen-bond donors (Lipinski definition) is 3. The van der Waals surface area contributed by atoms with Crippen molar-refractivity contribution >= 4 is 69.5 Å². The molecule has 0 aliphatic heterocycles. The number of nitrogens with one attached hydrogen (secondary N) is 3. The number of hydrogen-bond acceptors (Lipinski definition) is 4. The van der Waals surface area contributed by atoms with Crippen LogP contribution in [-0.4, -0.2) is 17.7 Å². The molecule has 0 bridgehead atoms. The zero-order chi connectivity index (χ0) is 31.6. The molecule has 0 radical (unpaired) electrons. The first-order valence-electron chi connectivity index (χ1n) is 13.9.